The van der Waals surface area contributed by atoms with Crippen LogP contribution in [0.2, 0.25) is 10.0 Å². The van der Waals surface area contributed by atoms with Gasteiger partial charge in [-0.3, -0.25) is 9.59 Å². The Kier molecular flexibility index (Phi) is 8.65. The van der Waals surface area contributed by atoms with Crippen LogP contribution in [0.1, 0.15) is 26.7 Å². The summed E-state index contributed by atoms with van der Waals surface area (Å²) in [6.07, 6.45) is 0.424. The van der Waals surface area contributed by atoms with Gasteiger partial charge in [0.15, 0.2) is 12.2 Å². The molecule has 1 aliphatic heterocycles. The summed E-state index contributed by atoms with van der Waals surface area (Å²) in [5, 5.41) is 4.08. The normalized spacial score (nSPS) is 16.2. The van der Waals surface area contributed by atoms with Crippen molar-refractivity contribution in [3.05, 3.63) is 58.6 Å². The van der Waals surface area contributed by atoms with Crippen LogP contribution in [0.5, 0.6) is 11.5 Å². The fraction of sp³-hybridized carbons (Fsp3) is 0.417. The minimum absolute atomic E-state index is 0.0454. The summed E-state index contributed by atoms with van der Waals surface area (Å²) in [4.78, 5) is 26.9. The van der Waals surface area contributed by atoms with E-state index in [9.17, 15) is 9.59 Å². The Bertz CT molecular complexity index is 932. The highest BCUT2D eigenvalue weighted by molar-refractivity contribution is 6.31. The number of nitrogens with zero attached hydrogens (tertiary/aromatic N) is 1. The molecule has 0 aromatic heterocycles. The van der Waals surface area contributed by atoms with Gasteiger partial charge in [0.2, 0.25) is 0 Å². The van der Waals surface area contributed by atoms with Crippen molar-refractivity contribution in [3.63, 3.8) is 0 Å². The summed E-state index contributed by atoms with van der Waals surface area (Å²) in [5.74, 6) is 1.22. The number of rotatable bonds is 8. The van der Waals surface area contributed by atoms with Gasteiger partial charge in [-0.2, -0.15) is 0 Å². The third kappa shape index (κ3) is 7.04. The number of nitrogens with one attached hydrogen (secondary N) is 1. The highest BCUT2D eigenvalue weighted by Crippen LogP contribution is 2.22. The smallest absolute Gasteiger partial charge is 0.263 e. The maximum Gasteiger partial charge on any atom is 0.263 e. The molecule has 32 heavy (non-hydrogen) atoms. The lowest BCUT2D eigenvalue weighted by molar-refractivity contribution is -0.139. The second kappa shape index (κ2) is 11.4. The van der Waals surface area contributed by atoms with E-state index in [1.54, 1.807) is 62.4 Å². The van der Waals surface area contributed by atoms with E-state index < -0.39 is 12.2 Å². The SMILES string of the molecule is C[C@H](Oc1cccc(Cl)c1)C(=O)NCC1CCN(C(=O)[C@@H](C)Oc2cccc(Cl)c2)CC1. The second-order valence-corrected chi connectivity index (χ2v) is 8.82. The van der Waals surface area contributed by atoms with Crippen LogP contribution in [0.25, 0.3) is 0 Å². The number of piperidine rings is 1. The minimum atomic E-state index is -0.625. The van der Waals surface area contributed by atoms with Gasteiger partial charge >= 0.3 is 0 Å². The number of hydrogen-bond acceptors (Lipinski definition) is 4. The van der Waals surface area contributed by atoms with Crippen LogP contribution >= 0.6 is 23.2 Å². The van der Waals surface area contributed by atoms with E-state index in [2.05, 4.69) is 5.32 Å². The van der Waals surface area contributed by atoms with Gasteiger partial charge in [-0.25, -0.2) is 0 Å². The highest BCUT2D eigenvalue weighted by atomic mass is 35.5. The lowest BCUT2D eigenvalue weighted by Gasteiger charge is -2.33. The van der Waals surface area contributed by atoms with Crippen molar-refractivity contribution in [1.29, 1.82) is 0 Å². The number of hydrogen-bond donors (Lipinski definition) is 1. The van der Waals surface area contributed by atoms with Crippen LogP contribution < -0.4 is 14.8 Å². The maximum atomic E-state index is 12.7. The van der Waals surface area contributed by atoms with Crippen LogP contribution in [0.3, 0.4) is 0 Å². The summed E-state index contributed by atoms with van der Waals surface area (Å²) in [7, 11) is 0. The average Bonchev–Trinajstić information content (AvgIpc) is 2.77. The van der Waals surface area contributed by atoms with Crippen molar-refractivity contribution in [2.75, 3.05) is 19.6 Å². The summed E-state index contributed by atoms with van der Waals surface area (Å²) in [6, 6.07) is 14.0. The average molecular weight is 479 g/mol. The maximum absolute atomic E-state index is 12.7. The molecule has 1 N–H and O–H groups in total. The van der Waals surface area contributed by atoms with Crippen molar-refractivity contribution in [2.45, 2.75) is 38.9 Å². The van der Waals surface area contributed by atoms with Crippen molar-refractivity contribution in [3.8, 4) is 11.5 Å². The van der Waals surface area contributed by atoms with Gasteiger partial charge in [0, 0.05) is 29.7 Å². The Morgan fingerprint density at radius 3 is 2.03 bits per heavy atom. The summed E-state index contributed by atoms with van der Waals surface area (Å²) < 4.78 is 11.4. The molecule has 1 heterocycles. The molecule has 3 rings (SSSR count). The van der Waals surface area contributed by atoms with Crippen LogP contribution in [0.4, 0.5) is 0 Å². The Hall–Kier alpha value is -2.44. The standard InChI is InChI=1S/C24H28Cl2N2O4/c1-16(31-21-7-3-5-19(25)13-21)23(29)27-15-18-9-11-28(12-10-18)24(30)17(2)32-22-8-4-6-20(26)14-22/h3-8,13-14,16-18H,9-12,15H2,1-2H3,(H,27,29)/t16-,17+/m0/s1. The van der Waals surface area contributed by atoms with Crippen LogP contribution in [0, 0.1) is 5.92 Å². The lowest BCUT2D eigenvalue weighted by atomic mass is 9.96. The summed E-state index contributed by atoms with van der Waals surface area (Å²) >= 11 is 11.9. The molecule has 0 bridgehead atoms. The van der Waals surface area contributed by atoms with Crippen LogP contribution in [-0.4, -0.2) is 48.6 Å². The minimum Gasteiger partial charge on any atom is -0.481 e. The van der Waals surface area contributed by atoms with Gasteiger partial charge in [-0.1, -0.05) is 35.3 Å². The third-order valence-corrected chi connectivity index (χ3v) is 5.90. The third-order valence-electron chi connectivity index (χ3n) is 5.43. The Labute approximate surface area is 198 Å². The number of halogens is 2. The quantitative estimate of drug-likeness (QED) is 0.602. The van der Waals surface area contributed by atoms with E-state index in [4.69, 9.17) is 32.7 Å². The summed E-state index contributed by atoms with van der Waals surface area (Å²) in [5.41, 5.74) is 0. The molecule has 0 aliphatic carbocycles. The van der Waals surface area contributed by atoms with Gasteiger partial charge in [-0.15, -0.1) is 0 Å². The number of carbonyl (C=O) groups is 2. The highest BCUT2D eigenvalue weighted by Gasteiger charge is 2.27. The molecular weight excluding hydrogens is 451 g/mol. The van der Waals surface area contributed by atoms with E-state index in [1.165, 1.54) is 0 Å². The number of benzene rings is 2. The Morgan fingerprint density at radius 2 is 1.50 bits per heavy atom. The van der Waals surface area contributed by atoms with Crippen LogP contribution in [-0.2, 0) is 9.59 Å². The molecule has 1 saturated heterocycles. The topological polar surface area (TPSA) is 67.9 Å². The van der Waals surface area contributed by atoms with Crippen molar-refractivity contribution < 1.29 is 19.1 Å². The largest absolute Gasteiger partial charge is 0.481 e. The van der Waals surface area contributed by atoms with Gasteiger partial charge < -0.3 is 19.7 Å². The number of ether oxygens (including phenoxy) is 2. The van der Waals surface area contributed by atoms with E-state index >= 15 is 0 Å². The van der Waals surface area contributed by atoms with E-state index in [-0.39, 0.29) is 11.8 Å². The number of likely N-dealkylation sites (tertiary alicyclic amines) is 1. The molecule has 2 atom stereocenters. The molecule has 2 aromatic carbocycles. The molecule has 0 spiro atoms. The second-order valence-electron chi connectivity index (χ2n) is 7.95. The van der Waals surface area contributed by atoms with E-state index in [0.717, 1.165) is 12.8 Å². The molecular formula is C24H28Cl2N2O4. The summed E-state index contributed by atoms with van der Waals surface area (Å²) in [6.45, 7) is 5.28. The molecule has 0 unspecified atom stereocenters. The van der Waals surface area contributed by atoms with Crippen LogP contribution in [0.15, 0.2) is 48.5 Å². The van der Waals surface area contributed by atoms with Gasteiger partial charge in [0.1, 0.15) is 11.5 Å². The van der Waals surface area contributed by atoms with E-state index in [0.29, 0.717) is 47.1 Å². The molecule has 6 nitrogen and oxygen atoms in total. The molecule has 1 aliphatic rings. The molecule has 8 heteroatoms. The first-order valence-electron chi connectivity index (χ1n) is 10.7. The number of amides is 2. The molecule has 1 fully saturated rings. The molecule has 172 valence electrons. The lowest BCUT2D eigenvalue weighted by Crippen LogP contribution is -2.47. The van der Waals surface area contributed by atoms with Crippen molar-refractivity contribution in [1.82, 2.24) is 10.2 Å². The molecule has 0 radical (unpaired) electrons. The van der Waals surface area contributed by atoms with E-state index in [1.807, 2.05) is 4.90 Å². The zero-order valence-corrected chi connectivity index (χ0v) is 19.7. The van der Waals surface area contributed by atoms with Gasteiger partial charge in [-0.05, 0) is 69.0 Å². The Morgan fingerprint density at radius 1 is 0.969 bits per heavy atom. The van der Waals surface area contributed by atoms with Gasteiger partial charge in [0.25, 0.3) is 11.8 Å². The zero-order chi connectivity index (χ0) is 23.1. The predicted octanol–water partition coefficient (Wildman–Crippen LogP) is 4.58. The van der Waals surface area contributed by atoms with Gasteiger partial charge in [0.05, 0.1) is 0 Å². The Balaban J connectivity index is 1.39. The monoisotopic (exact) mass is 478 g/mol. The van der Waals surface area contributed by atoms with Crippen molar-refractivity contribution >= 4 is 35.0 Å². The predicted molar refractivity (Wildman–Crippen MR) is 125 cm³/mol. The first-order valence-corrected chi connectivity index (χ1v) is 11.5. The van der Waals surface area contributed by atoms with Crippen molar-refractivity contribution in [2.24, 2.45) is 5.92 Å². The molecule has 0 saturated carbocycles. The molecule has 2 aromatic rings. The first kappa shape index (κ1) is 24.2. The fourth-order valence-electron chi connectivity index (χ4n) is 3.60. The fourth-order valence-corrected chi connectivity index (χ4v) is 3.96. The molecule has 2 amide bonds. The first-order chi connectivity index (χ1) is 15.3. The zero-order valence-electron chi connectivity index (χ0n) is 18.2. The number of carbonyl (C=O) groups excluding carboxylic acids is 2.